The molecule has 118 valence electrons. The van der Waals surface area contributed by atoms with Crippen LogP contribution in [0.2, 0.25) is 0 Å². The number of benzene rings is 1. The number of nitrogens with zero attached hydrogens (tertiary/aromatic N) is 2. The fourth-order valence-electron chi connectivity index (χ4n) is 2.41. The van der Waals surface area contributed by atoms with E-state index in [0.717, 1.165) is 44.8 Å². The third-order valence-electron chi connectivity index (χ3n) is 3.47. The number of ether oxygens (including phenoxy) is 1. The molecule has 4 nitrogen and oxygen atoms in total. The van der Waals surface area contributed by atoms with E-state index in [9.17, 15) is 13.2 Å². The molecule has 0 aliphatic carbocycles. The highest BCUT2D eigenvalue weighted by molar-refractivity contribution is 5.27. The van der Waals surface area contributed by atoms with Gasteiger partial charge in [-0.2, -0.15) is 0 Å². The zero-order valence-electron chi connectivity index (χ0n) is 11.8. The largest absolute Gasteiger partial charge is 0.573 e. The van der Waals surface area contributed by atoms with Crippen molar-refractivity contribution in [1.82, 2.24) is 9.80 Å². The monoisotopic (exact) mass is 303 g/mol. The lowest BCUT2D eigenvalue weighted by Crippen LogP contribution is -2.47. The Morgan fingerprint density at radius 3 is 2.10 bits per heavy atom. The van der Waals surface area contributed by atoms with Crippen LogP contribution >= 0.6 is 0 Å². The van der Waals surface area contributed by atoms with E-state index in [0.29, 0.717) is 6.54 Å². The Kier molecular flexibility index (Phi) is 5.44. The second-order valence-corrected chi connectivity index (χ2v) is 5.10. The molecule has 0 bridgehead atoms. The minimum Gasteiger partial charge on any atom is -0.406 e. The molecule has 21 heavy (non-hydrogen) atoms. The van der Waals surface area contributed by atoms with Gasteiger partial charge in [-0.05, 0) is 17.7 Å². The lowest BCUT2D eigenvalue weighted by atomic mass is 10.2. The van der Waals surface area contributed by atoms with Crippen molar-refractivity contribution in [1.29, 1.82) is 0 Å². The molecule has 1 heterocycles. The summed E-state index contributed by atoms with van der Waals surface area (Å²) >= 11 is 0. The van der Waals surface area contributed by atoms with Crippen LogP contribution in [0, 0.1) is 0 Å². The second kappa shape index (κ2) is 7.11. The van der Waals surface area contributed by atoms with Gasteiger partial charge < -0.3 is 10.5 Å². The molecule has 1 aliphatic rings. The summed E-state index contributed by atoms with van der Waals surface area (Å²) in [5.41, 5.74) is 6.51. The molecule has 7 heteroatoms. The average Bonchev–Trinajstić information content (AvgIpc) is 2.42. The predicted molar refractivity (Wildman–Crippen MR) is 73.9 cm³/mol. The van der Waals surface area contributed by atoms with Crippen molar-refractivity contribution in [3.63, 3.8) is 0 Å². The first kappa shape index (κ1) is 16.1. The van der Waals surface area contributed by atoms with Gasteiger partial charge in [-0.3, -0.25) is 9.80 Å². The van der Waals surface area contributed by atoms with E-state index in [-0.39, 0.29) is 5.75 Å². The standard InChI is InChI=1S/C14H20F3N3O/c15-14(16,17)21-13-3-1-12(2-4-13)11-20-9-7-19(6-5-18)8-10-20/h1-4H,5-11,18H2. The van der Waals surface area contributed by atoms with Crippen LogP contribution in [0.15, 0.2) is 24.3 Å². The molecule has 0 radical (unpaired) electrons. The Balaban J connectivity index is 1.81. The van der Waals surface area contributed by atoms with Crippen LogP contribution < -0.4 is 10.5 Å². The molecule has 0 amide bonds. The normalized spacial score (nSPS) is 17.9. The van der Waals surface area contributed by atoms with Gasteiger partial charge in [-0.15, -0.1) is 13.2 Å². The zero-order chi connectivity index (χ0) is 15.3. The summed E-state index contributed by atoms with van der Waals surface area (Å²) in [4.78, 5) is 4.60. The lowest BCUT2D eigenvalue weighted by Gasteiger charge is -2.34. The van der Waals surface area contributed by atoms with Crippen molar-refractivity contribution < 1.29 is 17.9 Å². The first-order chi connectivity index (χ1) is 9.96. The third kappa shape index (κ3) is 5.53. The Labute approximate surface area is 122 Å². The number of rotatable bonds is 5. The summed E-state index contributed by atoms with van der Waals surface area (Å²) in [5, 5.41) is 0. The number of hydrogen-bond donors (Lipinski definition) is 1. The fourth-order valence-corrected chi connectivity index (χ4v) is 2.41. The summed E-state index contributed by atoms with van der Waals surface area (Å²) in [7, 11) is 0. The van der Waals surface area contributed by atoms with Crippen molar-refractivity contribution in [3.8, 4) is 5.75 Å². The molecule has 0 saturated carbocycles. The van der Waals surface area contributed by atoms with Crippen molar-refractivity contribution in [2.75, 3.05) is 39.3 Å². The van der Waals surface area contributed by atoms with Gasteiger partial charge in [-0.1, -0.05) is 12.1 Å². The van der Waals surface area contributed by atoms with Gasteiger partial charge in [0.05, 0.1) is 0 Å². The van der Waals surface area contributed by atoms with E-state index in [1.807, 2.05) is 0 Å². The van der Waals surface area contributed by atoms with Crippen LogP contribution in [-0.4, -0.2) is 55.4 Å². The summed E-state index contributed by atoms with van der Waals surface area (Å²) < 4.78 is 40.1. The van der Waals surface area contributed by atoms with Gasteiger partial charge in [0.2, 0.25) is 0 Å². The molecule has 1 saturated heterocycles. The smallest absolute Gasteiger partial charge is 0.406 e. The van der Waals surface area contributed by atoms with Gasteiger partial charge in [0.15, 0.2) is 0 Å². The van der Waals surface area contributed by atoms with Crippen LogP contribution in [0.5, 0.6) is 5.75 Å². The van der Waals surface area contributed by atoms with Gasteiger partial charge in [-0.25, -0.2) is 0 Å². The van der Waals surface area contributed by atoms with Crippen LogP contribution in [0.4, 0.5) is 13.2 Å². The summed E-state index contributed by atoms with van der Waals surface area (Å²) in [6.45, 7) is 6.17. The number of halogens is 3. The maximum absolute atomic E-state index is 12.1. The minimum atomic E-state index is -4.64. The van der Waals surface area contributed by atoms with Crippen molar-refractivity contribution >= 4 is 0 Å². The molecule has 1 aromatic rings. The van der Waals surface area contributed by atoms with Gasteiger partial charge in [0.25, 0.3) is 0 Å². The van der Waals surface area contributed by atoms with Gasteiger partial charge >= 0.3 is 6.36 Å². The first-order valence-electron chi connectivity index (χ1n) is 6.96. The molecule has 2 rings (SSSR count). The molecule has 2 N–H and O–H groups in total. The quantitative estimate of drug-likeness (QED) is 0.898. The number of hydrogen-bond acceptors (Lipinski definition) is 4. The van der Waals surface area contributed by atoms with Crippen LogP contribution in [0.1, 0.15) is 5.56 Å². The van der Waals surface area contributed by atoms with Gasteiger partial charge in [0, 0.05) is 45.8 Å². The summed E-state index contributed by atoms with van der Waals surface area (Å²) in [5.74, 6) is -0.181. The van der Waals surface area contributed by atoms with E-state index >= 15 is 0 Å². The van der Waals surface area contributed by atoms with Crippen molar-refractivity contribution in [2.24, 2.45) is 5.73 Å². The van der Waals surface area contributed by atoms with E-state index in [1.54, 1.807) is 12.1 Å². The molecule has 1 aliphatic heterocycles. The van der Waals surface area contributed by atoms with Crippen LogP contribution in [-0.2, 0) is 6.54 Å². The van der Waals surface area contributed by atoms with Gasteiger partial charge in [0.1, 0.15) is 5.75 Å². The van der Waals surface area contributed by atoms with E-state index in [1.165, 1.54) is 12.1 Å². The number of piperazine rings is 1. The maximum Gasteiger partial charge on any atom is 0.573 e. The topological polar surface area (TPSA) is 41.7 Å². The Bertz CT molecular complexity index is 428. The molecule has 0 spiro atoms. The average molecular weight is 303 g/mol. The SMILES string of the molecule is NCCN1CCN(Cc2ccc(OC(F)(F)F)cc2)CC1. The predicted octanol–water partition coefficient (Wildman–Crippen LogP) is 1.66. The number of nitrogens with two attached hydrogens (primary N) is 1. The summed E-state index contributed by atoms with van der Waals surface area (Å²) in [6, 6.07) is 6.06. The zero-order valence-corrected chi connectivity index (χ0v) is 11.8. The molecular formula is C14H20F3N3O. The second-order valence-electron chi connectivity index (χ2n) is 5.10. The highest BCUT2D eigenvalue weighted by Crippen LogP contribution is 2.23. The molecular weight excluding hydrogens is 283 g/mol. The van der Waals surface area contributed by atoms with E-state index in [2.05, 4.69) is 14.5 Å². The Morgan fingerprint density at radius 1 is 1.00 bits per heavy atom. The molecule has 1 aromatic carbocycles. The highest BCUT2D eigenvalue weighted by Gasteiger charge is 2.30. The lowest BCUT2D eigenvalue weighted by molar-refractivity contribution is -0.274. The molecule has 1 fully saturated rings. The molecule has 0 unspecified atom stereocenters. The van der Waals surface area contributed by atoms with Crippen molar-refractivity contribution in [2.45, 2.75) is 12.9 Å². The molecule has 0 atom stereocenters. The highest BCUT2D eigenvalue weighted by atomic mass is 19.4. The summed E-state index contributed by atoms with van der Waals surface area (Å²) in [6.07, 6.45) is -4.64. The third-order valence-corrected chi connectivity index (χ3v) is 3.47. The van der Waals surface area contributed by atoms with Crippen molar-refractivity contribution in [3.05, 3.63) is 29.8 Å². The first-order valence-corrected chi connectivity index (χ1v) is 6.96. The molecule has 0 aromatic heterocycles. The number of alkyl halides is 3. The maximum atomic E-state index is 12.1. The van der Waals surface area contributed by atoms with E-state index in [4.69, 9.17) is 5.73 Å². The fraction of sp³-hybridized carbons (Fsp3) is 0.571. The Hall–Kier alpha value is -1.31. The van der Waals surface area contributed by atoms with Crippen LogP contribution in [0.25, 0.3) is 0 Å². The Morgan fingerprint density at radius 2 is 1.57 bits per heavy atom. The van der Waals surface area contributed by atoms with E-state index < -0.39 is 6.36 Å². The minimum absolute atomic E-state index is 0.181. The van der Waals surface area contributed by atoms with Crippen LogP contribution in [0.3, 0.4) is 0 Å².